The minimum atomic E-state index is 0.476. The van der Waals surface area contributed by atoms with Gasteiger partial charge in [0.2, 0.25) is 0 Å². The first-order valence-electron chi connectivity index (χ1n) is 8.40. The standard InChI is InChI=1S/C18H29BrN2/c1-3-18(16-6-4-7-17(19)14-16)20-10-5-11-21-12-8-15(2)9-13-21/h4,6-7,14-15,18,20H,3,5,8-13H2,1-2H3. The van der Waals surface area contributed by atoms with Crippen LogP contribution in [0, 0.1) is 5.92 Å². The fourth-order valence-corrected chi connectivity index (χ4v) is 3.50. The van der Waals surface area contributed by atoms with E-state index in [2.05, 4.69) is 64.3 Å². The van der Waals surface area contributed by atoms with Gasteiger partial charge in [-0.25, -0.2) is 0 Å². The van der Waals surface area contributed by atoms with Gasteiger partial charge < -0.3 is 10.2 Å². The maximum Gasteiger partial charge on any atom is 0.0318 e. The summed E-state index contributed by atoms with van der Waals surface area (Å²) in [6.07, 6.45) is 5.14. The number of nitrogens with zero attached hydrogens (tertiary/aromatic N) is 1. The lowest BCUT2D eigenvalue weighted by Gasteiger charge is -2.30. The molecule has 0 aliphatic carbocycles. The molecule has 0 radical (unpaired) electrons. The first-order chi connectivity index (χ1) is 10.2. The predicted octanol–water partition coefficient (Wildman–Crippen LogP) is 4.61. The van der Waals surface area contributed by atoms with Gasteiger partial charge in [-0.2, -0.15) is 0 Å². The number of rotatable bonds is 7. The van der Waals surface area contributed by atoms with Gasteiger partial charge in [-0.15, -0.1) is 0 Å². The molecule has 1 heterocycles. The smallest absolute Gasteiger partial charge is 0.0318 e. The molecule has 1 saturated heterocycles. The molecular weight excluding hydrogens is 324 g/mol. The Hall–Kier alpha value is -0.380. The Morgan fingerprint density at radius 3 is 2.76 bits per heavy atom. The van der Waals surface area contributed by atoms with Crippen LogP contribution in [-0.4, -0.2) is 31.1 Å². The Bertz CT molecular complexity index is 413. The molecule has 1 unspecified atom stereocenters. The van der Waals surface area contributed by atoms with E-state index in [1.807, 2.05) is 0 Å². The monoisotopic (exact) mass is 352 g/mol. The zero-order chi connectivity index (χ0) is 15.1. The summed E-state index contributed by atoms with van der Waals surface area (Å²) in [6.45, 7) is 9.58. The predicted molar refractivity (Wildman–Crippen MR) is 94.6 cm³/mol. The second kappa shape index (κ2) is 8.92. The summed E-state index contributed by atoms with van der Waals surface area (Å²) in [4.78, 5) is 2.63. The average Bonchev–Trinajstić information content (AvgIpc) is 2.49. The molecule has 1 fully saturated rings. The van der Waals surface area contributed by atoms with Gasteiger partial charge >= 0.3 is 0 Å². The van der Waals surface area contributed by atoms with Crippen LogP contribution < -0.4 is 5.32 Å². The largest absolute Gasteiger partial charge is 0.310 e. The van der Waals surface area contributed by atoms with Crippen LogP contribution in [0.15, 0.2) is 28.7 Å². The summed E-state index contributed by atoms with van der Waals surface area (Å²) in [5, 5.41) is 3.71. The fraction of sp³-hybridized carbons (Fsp3) is 0.667. The maximum absolute atomic E-state index is 3.71. The summed E-state index contributed by atoms with van der Waals surface area (Å²) in [5.74, 6) is 0.931. The van der Waals surface area contributed by atoms with Crippen molar-refractivity contribution < 1.29 is 0 Å². The van der Waals surface area contributed by atoms with Crippen molar-refractivity contribution in [1.29, 1.82) is 0 Å². The maximum atomic E-state index is 3.71. The van der Waals surface area contributed by atoms with Gasteiger partial charge in [0.15, 0.2) is 0 Å². The van der Waals surface area contributed by atoms with Gasteiger partial charge in [0.1, 0.15) is 0 Å². The minimum Gasteiger partial charge on any atom is -0.310 e. The van der Waals surface area contributed by atoms with E-state index in [4.69, 9.17) is 0 Å². The lowest BCUT2D eigenvalue weighted by Crippen LogP contribution is -2.35. The molecule has 21 heavy (non-hydrogen) atoms. The molecule has 1 atom stereocenters. The summed E-state index contributed by atoms with van der Waals surface area (Å²) >= 11 is 3.56. The van der Waals surface area contributed by atoms with Crippen molar-refractivity contribution in [1.82, 2.24) is 10.2 Å². The molecule has 1 N–H and O–H groups in total. The third kappa shape index (κ3) is 5.72. The molecule has 1 aromatic rings. The van der Waals surface area contributed by atoms with Crippen molar-refractivity contribution in [2.75, 3.05) is 26.2 Å². The van der Waals surface area contributed by atoms with Crippen LogP contribution in [-0.2, 0) is 0 Å². The Kier molecular flexibility index (Phi) is 7.21. The Morgan fingerprint density at radius 2 is 2.10 bits per heavy atom. The molecule has 1 aliphatic rings. The van der Waals surface area contributed by atoms with E-state index in [1.165, 1.54) is 48.9 Å². The third-order valence-corrected chi connectivity index (χ3v) is 5.07. The summed E-state index contributed by atoms with van der Waals surface area (Å²) < 4.78 is 1.17. The van der Waals surface area contributed by atoms with Gasteiger partial charge in [0.25, 0.3) is 0 Å². The SMILES string of the molecule is CCC(NCCCN1CCC(C)CC1)c1cccc(Br)c1. The molecule has 0 aromatic heterocycles. The van der Waals surface area contributed by atoms with Crippen molar-refractivity contribution in [2.45, 2.75) is 45.6 Å². The molecule has 0 spiro atoms. The molecule has 1 aliphatic heterocycles. The minimum absolute atomic E-state index is 0.476. The first-order valence-corrected chi connectivity index (χ1v) is 9.19. The molecule has 118 valence electrons. The number of halogens is 1. The number of hydrogen-bond acceptors (Lipinski definition) is 2. The Morgan fingerprint density at radius 1 is 1.33 bits per heavy atom. The van der Waals surface area contributed by atoms with Crippen molar-refractivity contribution in [3.05, 3.63) is 34.3 Å². The molecule has 0 bridgehead atoms. The Balaban J connectivity index is 1.69. The van der Waals surface area contributed by atoms with Gasteiger partial charge in [-0.3, -0.25) is 0 Å². The van der Waals surface area contributed by atoms with Crippen LogP contribution in [0.5, 0.6) is 0 Å². The first kappa shape index (κ1) is 17.0. The van der Waals surface area contributed by atoms with Crippen LogP contribution in [0.1, 0.15) is 51.1 Å². The zero-order valence-corrected chi connectivity index (χ0v) is 15.0. The second-order valence-electron chi connectivity index (χ2n) is 6.35. The van der Waals surface area contributed by atoms with E-state index >= 15 is 0 Å². The molecule has 3 heteroatoms. The summed E-state index contributed by atoms with van der Waals surface area (Å²) in [7, 11) is 0. The van der Waals surface area contributed by atoms with Crippen molar-refractivity contribution in [3.63, 3.8) is 0 Å². The van der Waals surface area contributed by atoms with Gasteiger partial charge in [0, 0.05) is 10.5 Å². The number of benzene rings is 1. The van der Waals surface area contributed by atoms with Crippen LogP contribution >= 0.6 is 15.9 Å². The number of likely N-dealkylation sites (tertiary alicyclic amines) is 1. The fourth-order valence-electron chi connectivity index (χ4n) is 3.09. The summed E-state index contributed by atoms with van der Waals surface area (Å²) in [6, 6.07) is 9.14. The Labute approximate surface area is 138 Å². The highest BCUT2D eigenvalue weighted by atomic mass is 79.9. The molecule has 1 aromatic carbocycles. The van der Waals surface area contributed by atoms with Crippen LogP contribution in [0.3, 0.4) is 0 Å². The van der Waals surface area contributed by atoms with Crippen LogP contribution in [0.2, 0.25) is 0 Å². The van der Waals surface area contributed by atoms with E-state index in [-0.39, 0.29) is 0 Å². The van der Waals surface area contributed by atoms with Gasteiger partial charge in [0.05, 0.1) is 0 Å². The second-order valence-corrected chi connectivity index (χ2v) is 7.26. The van der Waals surface area contributed by atoms with Gasteiger partial charge in [-0.1, -0.05) is 41.9 Å². The average molecular weight is 353 g/mol. The van der Waals surface area contributed by atoms with E-state index in [9.17, 15) is 0 Å². The van der Waals surface area contributed by atoms with Crippen molar-refractivity contribution >= 4 is 15.9 Å². The van der Waals surface area contributed by atoms with Crippen molar-refractivity contribution in [3.8, 4) is 0 Å². The summed E-state index contributed by atoms with van der Waals surface area (Å²) in [5.41, 5.74) is 1.39. The van der Waals surface area contributed by atoms with E-state index in [0.29, 0.717) is 6.04 Å². The molecular formula is C18H29BrN2. The molecule has 2 rings (SSSR count). The number of piperidine rings is 1. The molecule has 0 saturated carbocycles. The molecule has 2 nitrogen and oxygen atoms in total. The number of hydrogen-bond donors (Lipinski definition) is 1. The van der Waals surface area contributed by atoms with Gasteiger partial charge in [-0.05, 0) is 75.5 Å². The topological polar surface area (TPSA) is 15.3 Å². The van der Waals surface area contributed by atoms with Crippen LogP contribution in [0.25, 0.3) is 0 Å². The third-order valence-electron chi connectivity index (χ3n) is 4.58. The number of nitrogens with one attached hydrogen (secondary N) is 1. The van der Waals surface area contributed by atoms with E-state index in [0.717, 1.165) is 18.9 Å². The quantitative estimate of drug-likeness (QED) is 0.720. The molecule has 0 amide bonds. The highest BCUT2D eigenvalue weighted by Crippen LogP contribution is 2.20. The van der Waals surface area contributed by atoms with Crippen LogP contribution in [0.4, 0.5) is 0 Å². The zero-order valence-electron chi connectivity index (χ0n) is 13.4. The van der Waals surface area contributed by atoms with E-state index < -0.39 is 0 Å². The highest BCUT2D eigenvalue weighted by Gasteiger charge is 2.15. The van der Waals surface area contributed by atoms with Crippen molar-refractivity contribution in [2.24, 2.45) is 5.92 Å². The lowest BCUT2D eigenvalue weighted by atomic mass is 9.99. The normalized spacial score (nSPS) is 18.8. The highest BCUT2D eigenvalue weighted by molar-refractivity contribution is 9.10. The van der Waals surface area contributed by atoms with E-state index in [1.54, 1.807) is 0 Å². The lowest BCUT2D eigenvalue weighted by molar-refractivity contribution is 0.189.